The van der Waals surface area contributed by atoms with Crippen molar-refractivity contribution in [1.82, 2.24) is 15.1 Å². The van der Waals surface area contributed by atoms with Crippen LogP contribution >= 0.6 is 11.8 Å². The molecule has 6 nitrogen and oxygen atoms in total. The van der Waals surface area contributed by atoms with Gasteiger partial charge < -0.3 is 9.80 Å². The van der Waals surface area contributed by atoms with E-state index in [1.165, 1.54) is 49.9 Å². The number of hydrogen-bond donors (Lipinski definition) is 1. The molecular formula is C29H33N3O3S. The van der Waals surface area contributed by atoms with E-state index in [0.29, 0.717) is 18.5 Å². The first kappa shape index (κ1) is 23.7. The molecule has 188 valence electrons. The number of likely N-dealkylation sites (tertiary alicyclic amines) is 1. The number of imide groups is 1. The van der Waals surface area contributed by atoms with Crippen molar-refractivity contribution in [1.29, 1.82) is 0 Å². The third-order valence-electron chi connectivity index (χ3n) is 8.55. The lowest BCUT2D eigenvalue weighted by atomic mass is 9.93. The van der Waals surface area contributed by atoms with Crippen molar-refractivity contribution in [3.63, 3.8) is 0 Å². The number of nitrogens with zero attached hydrogens (tertiary/aromatic N) is 2. The van der Waals surface area contributed by atoms with Crippen molar-refractivity contribution >= 4 is 29.5 Å². The van der Waals surface area contributed by atoms with Crippen molar-refractivity contribution < 1.29 is 14.4 Å². The summed E-state index contributed by atoms with van der Waals surface area (Å²) < 4.78 is 0. The number of rotatable bonds is 7. The van der Waals surface area contributed by atoms with E-state index in [0.717, 1.165) is 34.6 Å². The predicted octanol–water partition coefficient (Wildman–Crippen LogP) is 4.16. The number of carbonyl (C=O) groups excluding carboxylic acids is 3. The SMILES string of the molecule is O=C1CCC(N2Cc3c(SCc4ccc(CCN5CCC6(CC5)CC6)cc4)cccc3C2=O)C(=O)N1. The van der Waals surface area contributed by atoms with Crippen LogP contribution in [0.3, 0.4) is 0 Å². The van der Waals surface area contributed by atoms with Gasteiger partial charge in [0.25, 0.3) is 5.91 Å². The number of hydrogen-bond acceptors (Lipinski definition) is 5. The molecule has 3 amide bonds. The topological polar surface area (TPSA) is 69.7 Å². The van der Waals surface area contributed by atoms with Gasteiger partial charge in [0.2, 0.25) is 11.8 Å². The van der Waals surface area contributed by atoms with Gasteiger partial charge in [-0.3, -0.25) is 19.7 Å². The van der Waals surface area contributed by atoms with E-state index in [2.05, 4.69) is 40.5 Å². The van der Waals surface area contributed by atoms with Crippen molar-refractivity contribution in [3.8, 4) is 0 Å². The van der Waals surface area contributed by atoms with Gasteiger partial charge in [-0.1, -0.05) is 30.3 Å². The molecule has 36 heavy (non-hydrogen) atoms. The molecule has 1 unspecified atom stereocenters. The lowest BCUT2D eigenvalue weighted by Crippen LogP contribution is -2.52. The molecule has 1 spiro atoms. The number of amides is 3. The summed E-state index contributed by atoms with van der Waals surface area (Å²) in [5, 5.41) is 2.37. The fraction of sp³-hybridized carbons (Fsp3) is 0.483. The van der Waals surface area contributed by atoms with Crippen molar-refractivity contribution in [2.45, 2.75) is 68.2 Å². The van der Waals surface area contributed by atoms with Crippen molar-refractivity contribution in [2.24, 2.45) is 5.41 Å². The van der Waals surface area contributed by atoms with E-state index in [9.17, 15) is 14.4 Å². The molecule has 3 aliphatic heterocycles. The molecule has 2 saturated heterocycles. The molecule has 2 aromatic carbocycles. The van der Waals surface area contributed by atoms with Gasteiger partial charge in [0.1, 0.15) is 6.04 Å². The summed E-state index contributed by atoms with van der Waals surface area (Å²) in [5.41, 5.74) is 5.06. The van der Waals surface area contributed by atoms with Gasteiger partial charge in [0, 0.05) is 35.7 Å². The van der Waals surface area contributed by atoms with Gasteiger partial charge in [-0.05, 0) is 85.9 Å². The van der Waals surface area contributed by atoms with E-state index < -0.39 is 6.04 Å². The zero-order chi connectivity index (χ0) is 24.7. The highest BCUT2D eigenvalue weighted by Gasteiger charge is 2.44. The Morgan fingerprint density at radius 2 is 1.69 bits per heavy atom. The molecule has 1 aliphatic carbocycles. The third kappa shape index (κ3) is 4.83. The van der Waals surface area contributed by atoms with Crippen LogP contribution < -0.4 is 5.32 Å². The quantitative estimate of drug-likeness (QED) is 0.454. The van der Waals surface area contributed by atoms with Crippen LogP contribution in [0.2, 0.25) is 0 Å². The first-order valence-corrected chi connectivity index (χ1v) is 14.2. The number of benzene rings is 2. The third-order valence-corrected chi connectivity index (χ3v) is 9.72. The van der Waals surface area contributed by atoms with Crippen molar-refractivity contribution in [3.05, 3.63) is 64.7 Å². The van der Waals surface area contributed by atoms with Crippen LogP contribution in [-0.4, -0.2) is 53.2 Å². The summed E-state index contributed by atoms with van der Waals surface area (Å²) >= 11 is 1.74. The number of piperidine rings is 2. The van der Waals surface area contributed by atoms with Crippen LogP contribution in [0.1, 0.15) is 65.6 Å². The second kappa shape index (κ2) is 9.67. The maximum absolute atomic E-state index is 13.0. The average Bonchev–Trinajstić information content (AvgIpc) is 3.56. The van der Waals surface area contributed by atoms with Gasteiger partial charge in [0.15, 0.2) is 0 Å². The minimum absolute atomic E-state index is 0.118. The molecular weight excluding hydrogens is 470 g/mol. The Kier molecular flexibility index (Phi) is 6.38. The zero-order valence-corrected chi connectivity index (χ0v) is 21.4. The molecule has 4 aliphatic rings. The summed E-state index contributed by atoms with van der Waals surface area (Å²) in [6.07, 6.45) is 7.46. The van der Waals surface area contributed by atoms with Crippen LogP contribution in [0.25, 0.3) is 0 Å². The highest BCUT2D eigenvalue weighted by atomic mass is 32.2. The Bertz CT molecular complexity index is 1180. The Hall–Kier alpha value is -2.64. The van der Waals surface area contributed by atoms with E-state index in [4.69, 9.17) is 0 Å². The maximum atomic E-state index is 13.0. The van der Waals surface area contributed by atoms with Crippen LogP contribution in [0.15, 0.2) is 47.4 Å². The van der Waals surface area contributed by atoms with E-state index >= 15 is 0 Å². The second-order valence-electron chi connectivity index (χ2n) is 10.9. The molecule has 1 atom stereocenters. The van der Waals surface area contributed by atoms with E-state index in [1.54, 1.807) is 16.7 Å². The Balaban J connectivity index is 1.04. The number of thioether (sulfide) groups is 1. The van der Waals surface area contributed by atoms with Gasteiger partial charge in [-0.15, -0.1) is 11.8 Å². The molecule has 1 N–H and O–H groups in total. The fourth-order valence-electron chi connectivity index (χ4n) is 5.87. The first-order valence-electron chi connectivity index (χ1n) is 13.2. The first-order chi connectivity index (χ1) is 17.5. The summed E-state index contributed by atoms with van der Waals surface area (Å²) in [6.45, 7) is 4.09. The van der Waals surface area contributed by atoms with Crippen LogP contribution in [0.5, 0.6) is 0 Å². The standard InChI is InChI=1S/C29H33N3O3S/c33-26-9-8-24(27(34)30-26)32-18-23-22(28(32)35)2-1-3-25(23)36-19-21-6-4-20(5-7-21)10-15-31-16-13-29(11-12-29)14-17-31/h1-7,24H,8-19H2,(H,30,33,34). The second-order valence-corrected chi connectivity index (χ2v) is 11.9. The molecule has 6 rings (SSSR count). The average molecular weight is 504 g/mol. The van der Waals surface area contributed by atoms with Gasteiger partial charge in [-0.25, -0.2) is 0 Å². The molecule has 0 bridgehead atoms. The largest absolute Gasteiger partial charge is 0.322 e. The maximum Gasteiger partial charge on any atom is 0.255 e. The summed E-state index contributed by atoms with van der Waals surface area (Å²) in [4.78, 5) is 42.2. The predicted molar refractivity (Wildman–Crippen MR) is 140 cm³/mol. The molecule has 7 heteroatoms. The van der Waals surface area contributed by atoms with Crippen LogP contribution in [0.4, 0.5) is 0 Å². The Labute approximate surface area is 216 Å². The molecule has 3 fully saturated rings. The number of carbonyl (C=O) groups is 3. The minimum atomic E-state index is -0.576. The monoisotopic (exact) mass is 503 g/mol. The van der Waals surface area contributed by atoms with Gasteiger partial charge >= 0.3 is 0 Å². The normalized spacial score (nSPS) is 23.2. The highest BCUT2D eigenvalue weighted by Crippen LogP contribution is 2.53. The van der Waals surface area contributed by atoms with Crippen LogP contribution in [0, 0.1) is 5.41 Å². The van der Waals surface area contributed by atoms with Crippen LogP contribution in [-0.2, 0) is 28.3 Å². The lowest BCUT2D eigenvalue weighted by molar-refractivity contribution is -0.136. The van der Waals surface area contributed by atoms with Gasteiger partial charge in [-0.2, -0.15) is 0 Å². The Morgan fingerprint density at radius 1 is 0.944 bits per heavy atom. The number of nitrogens with one attached hydrogen (secondary N) is 1. The summed E-state index contributed by atoms with van der Waals surface area (Å²) in [6, 6.07) is 14.2. The Morgan fingerprint density at radius 3 is 2.42 bits per heavy atom. The van der Waals surface area contributed by atoms with E-state index in [-0.39, 0.29) is 24.1 Å². The van der Waals surface area contributed by atoms with E-state index in [1.807, 2.05) is 12.1 Å². The fourth-order valence-corrected chi connectivity index (χ4v) is 6.91. The lowest BCUT2D eigenvalue weighted by Gasteiger charge is -2.32. The molecule has 0 aromatic heterocycles. The highest BCUT2D eigenvalue weighted by molar-refractivity contribution is 7.98. The molecule has 2 aromatic rings. The smallest absolute Gasteiger partial charge is 0.255 e. The zero-order valence-electron chi connectivity index (χ0n) is 20.6. The number of fused-ring (bicyclic) bond motifs is 1. The van der Waals surface area contributed by atoms with Gasteiger partial charge in [0.05, 0.1) is 0 Å². The molecule has 1 saturated carbocycles. The minimum Gasteiger partial charge on any atom is -0.322 e. The van der Waals surface area contributed by atoms with Crippen molar-refractivity contribution in [2.75, 3.05) is 19.6 Å². The molecule has 0 radical (unpaired) electrons. The molecule has 3 heterocycles. The summed E-state index contributed by atoms with van der Waals surface area (Å²) in [5.74, 6) is 0.0826. The summed E-state index contributed by atoms with van der Waals surface area (Å²) in [7, 11) is 0.